The van der Waals surface area contributed by atoms with E-state index < -0.39 is 0 Å². The Kier molecular flexibility index (Phi) is 2.86. The fourth-order valence-electron chi connectivity index (χ4n) is 1.66. The SMILES string of the molecule is CC(C(=O)c1ccn(C)n1)c1ccccc1. The van der Waals surface area contributed by atoms with Crippen LogP contribution in [0.5, 0.6) is 0 Å². The Morgan fingerprint density at radius 3 is 2.50 bits per heavy atom. The van der Waals surface area contributed by atoms with Crippen LogP contribution in [0.1, 0.15) is 28.9 Å². The Bertz CT molecular complexity index is 488. The van der Waals surface area contributed by atoms with Gasteiger partial charge in [-0.2, -0.15) is 5.10 Å². The van der Waals surface area contributed by atoms with E-state index in [-0.39, 0.29) is 11.7 Å². The van der Waals surface area contributed by atoms with Gasteiger partial charge < -0.3 is 0 Å². The van der Waals surface area contributed by atoms with Crippen LogP contribution in [0, 0.1) is 0 Å². The molecule has 0 amide bonds. The minimum Gasteiger partial charge on any atom is -0.292 e. The molecule has 82 valence electrons. The van der Waals surface area contributed by atoms with E-state index in [2.05, 4.69) is 5.10 Å². The van der Waals surface area contributed by atoms with Crippen LogP contribution < -0.4 is 0 Å². The lowest BCUT2D eigenvalue weighted by atomic mass is 9.95. The maximum atomic E-state index is 12.1. The lowest BCUT2D eigenvalue weighted by molar-refractivity contribution is 0.0960. The molecule has 1 aromatic heterocycles. The van der Waals surface area contributed by atoms with Gasteiger partial charge in [-0.25, -0.2) is 0 Å². The maximum Gasteiger partial charge on any atom is 0.190 e. The second-order valence-electron chi connectivity index (χ2n) is 3.87. The summed E-state index contributed by atoms with van der Waals surface area (Å²) in [5.41, 5.74) is 1.55. The van der Waals surface area contributed by atoms with Crippen molar-refractivity contribution in [2.24, 2.45) is 7.05 Å². The molecule has 0 fully saturated rings. The summed E-state index contributed by atoms with van der Waals surface area (Å²) < 4.78 is 1.64. The molecule has 0 aliphatic carbocycles. The Morgan fingerprint density at radius 1 is 1.25 bits per heavy atom. The van der Waals surface area contributed by atoms with E-state index in [1.54, 1.807) is 16.9 Å². The Labute approximate surface area is 94.7 Å². The lowest BCUT2D eigenvalue weighted by Crippen LogP contribution is -2.10. The second-order valence-corrected chi connectivity index (χ2v) is 3.87. The smallest absolute Gasteiger partial charge is 0.190 e. The predicted molar refractivity (Wildman–Crippen MR) is 62.4 cm³/mol. The van der Waals surface area contributed by atoms with Crippen LogP contribution in [-0.4, -0.2) is 15.6 Å². The van der Waals surface area contributed by atoms with E-state index in [0.29, 0.717) is 5.69 Å². The van der Waals surface area contributed by atoms with Crippen molar-refractivity contribution in [3.63, 3.8) is 0 Å². The molecule has 1 atom stereocenters. The molecule has 1 aromatic carbocycles. The van der Waals surface area contributed by atoms with Gasteiger partial charge >= 0.3 is 0 Å². The van der Waals surface area contributed by atoms with Crippen LogP contribution in [0.4, 0.5) is 0 Å². The molecule has 16 heavy (non-hydrogen) atoms. The van der Waals surface area contributed by atoms with E-state index >= 15 is 0 Å². The maximum absolute atomic E-state index is 12.1. The Hall–Kier alpha value is -1.90. The van der Waals surface area contributed by atoms with Crippen LogP contribution in [0.2, 0.25) is 0 Å². The van der Waals surface area contributed by atoms with Gasteiger partial charge in [0, 0.05) is 19.2 Å². The summed E-state index contributed by atoms with van der Waals surface area (Å²) >= 11 is 0. The molecule has 0 N–H and O–H groups in total. The molecule has 0 bridgehead atoms. The summed E-state index contributed by atoms with van der Waals surface area (Å²) in [5.74, 6) is -0.0806. The highest BCUT2D eigenvalue weighted by molar-refractivity contribution is 5.99. The fraction of sp³-hybridized carbons (Fsp3) is 0.231. The van der Waals surface area contributed by atoms with Gasteiger partial charge in [0.15, 0.2) is 5.78 Å². The molecule has 0 aliphatic rings. The summed E-state index contributed by atoms with van der Waals surface area (Å²) in [6, 6.07) is 11.5. The zero-order valence-corrected chi connectivity index (χ0v) is 9.42. The number of aromatic nitrogens is 2. The van der Waals surface area contributed by atoms with Crippen molar-refractivity contribution in [3.05, 3.63) is 53.9 Å². The quantitative estimate of drug-likeness (QED) is 0.735. The summed E-state index contributed by atoms with van der Waals surface area (Å²) in [4.78, 5) is 12.1. The number of nitrogens with zero attached hydrogens (tertiary/aromatic N) is 2. The van der Waals surface area contributed by atoms with Gasteiger partial charge in [-0.15, -0.1) is 0 Å². The fourth-order valence-corrected chi connectivity index (χ4v) is 1.66. The highest BCUT2D eigenvalue weighted by atomic mass is 16.1. The minimum absolute atomic E-state index is 0.0619. The molecule has 3 nitrogen and oxygen atoms in total. The van der Waals surface area contributed by atoms with Crippen LogP contribution >= 0.6 is 0 Å². The number of ketones is 1. The van der Waals surface area contributed by atoms with Crippen molar-refractivity contribution in [2.75, 3.05) is 0 Å². The van der Waals surface area contributed by atoms with Gasteiger partial charge in [0.2, 0.25) is 0 Å². The van der Waals surface area contributed by atoms with Gasteiger partial charge in [-0.05, 0) is 11.6 Å². The van der Waals surface area contributed by atoms with Crippen molar-refractivity contribution in [1.29, 1.82) is 0 Å². The molecular formula is C13H14N2O. The number of carbonyl (C=O) groups excluding carboxylic acids is 1. The molecule has 1 unspecified atom stereocenters. The van der Waals surface area contributed by atoms with Crippen LogP contribution in [0.3, 0.4) is 0 Å². The monoisotopic (exact) mass is 214 g/mol. The van der Waals surface area contributed by atoms with E-state index in [9.17, 15) is 4.79 Å². The van der Waals surface area contributed by atoms with E-state index in [0.717, 1.165) is 5.56 Å². The second kappa shape index (κ2) is 4.31. The van der Waals surface area contributed by atoms with Crippen molar-refractivity contribution < 1.29 is 4.79 Å². The molecule has 0 aliphatic heterocycles. The highest BCUT2D eigenvalue weighted by Gasteiger charge is 2.18. The zero-order valence-electron chi connectivity index (χ0n) is 9.42. The third-order valence-corrected chi connectivity index (χ3v) is 2.66. The van der Waals surface area contributed by atoms with Gasteiger partial charge in [-0.3, -0.25) is 9.48 Å². The highest BCUT2D eigenvalue weighted by Crippen LogP contribution is 2.18. The topological polar surface area (TPSA) is 34.9 Å². The molecule has 0 saturated carbocycles. The molecule has 2 aromatic rings. The van der Waals surface area contributed by atoms with Crippen molar-refractivity contribution in [3.8, 4) is 0 Å². The summed E-state index contributed by atoms with van der Waals surface area (Å²) in [6.07, 6.45) is 1.78. The first-order chi connectivity index (χ1) is 7.68. The molecule has 1 heterocycles. The number of rotatable bonds is 3. The van der Waals surface area contributed by atoms with E-state index in [1.807, 2.05) is 44.3 Å². The average Bonchev–Trinajstić information content (AvgIpc) is 2.75. The van der Waals surface area contributed by atoms with Gasteiger partial charge in [0.25, 0.3) is 0 Å². The van der Waals surface area contributed by atoms with Gasteiger partial charge in [-0.1, -0.05) is 37.3 Å². The lowest BCUT2D eigenvalue weighted by Gasteiger charge is -2.08. The predicted octanol–water partition coefficient (Wildman–Crippen LogP) is 2.41. The summed E-state index contributed by atoms with van der Waals surface area (Å²) in [7, 11) is 1.81. The van der Waals surface area contributed by atoms with Crippen molar-refractivity contribution >= 4 is 5.78 Å². The molecule has 0 saturated heterocycles. The third-order valence-electron chi connectivity index (χ3n) is 2.66. The first kappa shape index (κ1) is 10.6. The normalized spacial score (nSPS) is 12.4. The van der Waals surface area contributed by atoms with Crippen molar-refractivity contribution in [2.45, 2.75) is 12.8 Å². The first-order valence-corrected chi connectivity index (χ1v) is 5.27. The molecule has 0 radical (unpaired) electrons. The number of benzene rings is 1. The van der Waals surface area contributed by atoms with Gasteiger partial charge in [0.1, 0.15) is 5.69 Å². The number of carbonyl (C=O) groups is 1. The van der Waals surface area contributed by atoms with Crippen LogP contribution in [0.25, 0.3) is 0 Å². The Balaban J connectivity index is 2.23. The largest absolute Gasteiger partial charge is 0.292 e. The van der Waals surface area contributed by atoms with Crippen LogP contribution in [0.15, 0.2) is 42.6 Å². The zero-order chi connectivity index (χ0) is 11.5. The van der Waals surface area contributed by atoms with E-state index in [1.165, 1.54) is 0 Å². The summed E-state index contributed by atoms with van der Waals surface area (Å²) in [6.45, 7) is 1.91. The average molecular weight is 214 g/mol. The molecular weight excluding hydrogens is 200 g/mol. The third kappa shape index (κ3) is 2.03. The number of Topliss-reactive ketones (excluding diaryl/α,β-unsaturated/α-hetero) is 1. The molecule has 3 heteroatoms. The minimum atomic E-state index is -0.143. The summed E-state index contributed by atoms with van der Waals surface area (Å²) in [5, 5.41) is 4.12. The van der Waals surface area contributed by atoms with Crippen molar-refractivity contribution in [1.82, 2.24) is 9.78 Å². The van der Waals surface area contributed by atoms with Gasteiger partial charge in [0.05, 0.1) is 0 Å². The number of hydrogen-bond donors (Lipinski definition) is 0. The molecule has 2 rings (SSSR count). The van der Waals surface area contributed by atoms with E-state index in [4.69, 9.17) is 0 Å². The standard InChI is InChI=1S/C13H14N2O/c1-10(11-6-4-3-5-7-11)13(16)12-8-9-15(2)14-12/h3-10H,1-2H3. The number of hydrogen-bond acceptors (Lipinski definition) is 2. The van der Waals surface area contributed by atoms with Crippen LogP contribution in [-0.2, 0) is 7.05 Å². The Morgan fingerprint density at radius 2 is 1.94 bits per heavy atom. The number of aryl methyl sites for hydroxylation is 1. The molecule has 0 spiro atoms. The first-order valence-electron chi connectivity index (χ1n) is 5.27.